The van der Waals surface area contributed by atoms with Crippen LogP contribution >= 0.6 is 0 Å². The van der Waals surface area contributed by atoms with Gasteiger partial charge in [0.15, 0.2) is 0 Å². The standard InChI is InChI=1S/C20H32O3Si/c1-15(21)22-19-10-8-7-9-18(19)16-11-13-17(14-12-16)23-24(5,6)20(2,3)4/h11-14,18-19H,7-10H2,1-6H3/t18-,19+/m0/s1. The first kappa shape index (κ1) is 19.0. The molecule has 0 heterocycles. The van der Waals surface area contributed by atoms with E-state index in [0.717, 1.165) is 25.0 Å². The molecule has 24 heavy (non-hydrogen) atoms. The third-order valence-corrected chi connectivity index (χ3v) is 9.87. The molecule has 1 aromatic rings. The van der Waals surface area contributed by atoms with Crippen molar-refractivity contribution in [1.82, 2.24) is 0 Å². The number of hydrogen-bond donors (Lipinski definition) is 0. The fourth-order valence-electron chi connectivity index (χ4n) is 3.06. The molecule has 0 unspecified atom stereocenters. The predicted octanol–water partition coefficient (Wildman–Crippen LogP) is 5.66. The molecule has 0 bridgehead atoms. The maximum atomic E-state index is 11.4. The topological polar surface area (TPSA) is 35.5 Å². The third kappa shape index (κ3) is 4.62. The summed E-state index contributed by atoms with van der Waals surface area (Å²) >= 11 is 0. The zero-order valence-electron chi connectivity index (χ0n) is 16.0. The zero-order chi connectivity index (χ0) is 18.0. The van der Waals surface area contributed by atoms with Crippen molar-refractivity contribution in [2.45, 2.75) is 83.5 Å². The molecule has 1 fully saturated rings. The molecule has 2 atom stereocenters. The van der Waals surface area contributed by atoms with Gasteiger partial charge in [-0.3, -0.25) is 4.79 Å². The van der Waals surface area contributed by atoms with E-state index >= 15 is 0 Å². The number of ether oxygens (including phenoxy) is 1. The average Bonchev–Trinajstić information content (AvgIpc) is 2.46. The molecular formula is C20H32O3Si. The van der Waals surface area contributed by atoms with Crippen LogP contribution < -0.4 is 4.43 Å². The van der Waals surface area contributed by atoms with Crippen molar-refractivity contribution < 1.29 is 14.0 Å². The second-order valence-electron chi connectivity index (χ2n) is 8.47. The van der Waals surface area contributed by atoms with E-state index in [4.69, 9.17) is 9.16 Å². The van der Waals surface area contributed by atoms with E-state index in [0.29, 0.717) is 5.92 Å². The largest absolute Gasteiger partial charge is 0.544 e. The quantitative estimate of drug-likeness (QED) is 0.520. The Bertz CT molecular complexity index is 557. The van der Waals surface area contributed by atoms with Gasteiger partial charge in [-0.25, -0.2) is 0 Å². The summed E-state index contributed by atoms with van der Waals surface area (Å²) in [6, 6.07) is 8.45. The lowest BCUT2D eigenvalue weighted by Crippen LogP contribution is -2.43. The van der Waals surface area contributed by atoms with Crippen LogP contribution in [0.5, 0.6) is 5.75 Å². The van der Waals surface area contributed by atoms with Crippen LogP contribution in [0.3, 0.4) is 0 Å². The summed E-state index contributed by atoms with van der Waals surface area (Å²) in [6.45, 7) is 12.8. The predicted molar refractivity (Wildman–Crippen MR) is 101 cm³/mol. The van der Waals surface area contributed by atoms with Crippen LogP contribution in [0.25, 0.3) is 0 Å². The Labute approximate surface area is 147 Å². The third-order valence-electron chi connectivity index (χ3n) is 5.51. The van der Waals surface area contributed by atoms with E-state index in [1.165, 1.54) is 18.9 Å². The van der Waals surface area contributed by atoms with Crippen LogP contribution in [0.1, 0.15) is 64.9 Å². The molecule has 1 aliphatic carbocycles. The molecule has 0 spiro atoms. The van der Waals surface area contributed by atoms with Gasteiger partial charge in [0.1, 0.15) is 11.9 Å². The fourth-order valence-corrected chi connectivity index (χ4v) is 4.09. The van der Waals surface area contributed by atoms with Crippen molar-refractivity contribution in [3.8, 4) is 5.75 Å². The monoisotopic (exact) mass is 348 g/mol. The molecule has 0 aromatic heterocycles. The lowest BCUT2D eigenvalue weighted by Gasteiger charge is -2.36. The van der Waals surface area contributed by atoms with E-state index in [9.17, 15) is 4.79 Å². The van der Waals surface area contributed by atoms with Gasteiger partial charge in [-0.05, 0) is 55.1 Å². The Morgan fingerprint density at radius 2 is 1.67 bits per heavy atom. The van der Waals surface area contributed by atoms with Crippen LogP contribution in [-0.4, -0.2) is 20.4 Å². The first-order valence-electron chi connectivity index (χ1n) is 9.06. The van der Waals surface area contributed by atoms with E-state index in [1.54, 1.807) is 0 Å². The minimum Gasteiger partial charge on any atom is -0.544 e. The Kier molecular flexibility index (Phi) is 5.79. The summed E-state index contributed by atoms with van der Waals surface area (Å²) in [5, 5.41) is 0.190. The Morgan fingerprint density at radius 1 is 1.08 bits per heavy atom. The molecule has 0 radical (unpaired) electrons. The lowest BCUT2D eigenvalue weighted by molar-refractivity contribution is -0.148. The molecule has 0 N–H and O–H groups in total. The summed E-state index contributed by atoms with van der Waals surface area (Å²) < 4.78 is 11.9. The minimum absolute atomic E-state index is 0.0170. The maximum Gasteiger partial charge on any atom is 0.302 e. The first-order chi connectivity index (χ1) is 11.1. The molecule has 0 saturated heterocycles. The van der Waals surface area contributed by atoms with Gasteiger partial charge >= 0.3 is 5.97 Å². The molecule has 1 saturated carbocycles. The smallest absolute Gasteiger partial charge is 0.302 e. The number of carbonyl (C=O) groups is 1. The lowest BCUT2D eigenvalue weighted by atomic mass is 9.81. The highest BCUT2D eigenvalue weighted by Gasteiger charge is 2.39. The van der Waals surface area contributed by atoms with Crippen LogP contribution in [-0.2, 0) is 9.53 Å². The summed E-state index contributed by atoms with van der Waals surface area (Å²) in [5.41, 5.74) is 1.25. The Balaban J connectivity index is 2.12. The summed E-state index contributed by atoms with van der Waals surface area (Å²) in [7, 11) is -1.81. The molecular weight excluding hydrogens is 316 g/mol. The first-order valence-corrected chi connectivity index (χ1v) is 12.0. The van der Waals surface area contributed by atoms with Gasteiger partial charge in [-0.2, -0.15) is 0 Å². The highest BCUT2D eigenvalue weighted by molar-refractivity contribution is 6.74. The summed E-state index contributed by atoms with van der Waals surface area (Å²) in [6.07, 6.45) is 4.40. The summed E-state index contributed by atoms with van der Waals surface area (Å²) in [5.74, 6) is 1.08. The molecule has 1 aliphatic rings. The molecule has 0 amide bonds. The van der Waals surface area contributed by atoms with Gasteiger partial charge < -0.3 is 9.16 Å². The van der Waals surface area contributed by atoms with Crippen LogP contribution in [0.2, 0.25) is 18.1 Å². The van der Waals surface area contributed by atoms with E-state index < -0.39 is 8.32 Å². The van der Waals surface area contributed by atoms with Crippen molar-refractivity contribution in [2.24, 2.45) is 0 Å². The highest BCUT2D eigenvalue weighted by atomic mass is 28.4. The molecule has 1 aromatic carbocycles. The van der Waals surface area contributed by atoms with Crippen molar-refractivity contribution in [3.63, 3.8) is 0 Å². The maximum absolute atomic E-state index is 11.4. The second-order valence-corrected chi connectivity index (χ2v) is 13.2. The number of esters is 1. The van der Waals surface area contributed by atoms with E-state index in [-0.39, 0.29) is 17.1 Å². The molecule has 3 nitrogen and oxygen atoms in total. The Morgan fingerprint density at radius 3 is 2.21 bits per heavy atom. The van der Waals surface area contributed by atoms with Crippen molar-refractivity contribution in [1.29, 1.82) is 0 Å². The molecule has 0 aliphatic heterocycles. The fraction of sp³-hybridized carbons (Fsp3) is 0.650. The van der Waals surface area contributed by atoms with Gasteiger partial charge in [0.05, 0.1) is 0 Å². The van der Waals surface area contributed by atoms with Crippen LogP contribution in [0, 0.1) is 0 Å². The van der Waals surface area contributed by atoms with Crippen molar-refractivity contribution in [3.05, 3.63) is 29.8 Å². The highest BCUT2D eigenvalue weighted by Crippen LogP contribution is 2.39. The van der Waals surface area contributed by atoms with E-state index in [2.05, 4.69) is 58.1 Å². The van der Waals surface area contributed by atoms with Crippen LogP contribution in [0.4, 0.5) is 0 Å². The normalized spacial score (nSPS) is 22.1. The molecule has 134 valence electrons. The summed E-state index contributed by atoms with van der Waals surface area (Å²) in [4.78, 5) is 11.4. The zero-order valence-corrected chi connectivity index (χ0v) is 17.0. The van der Waals surface area contributed by atoms with Gasteiger partial charge in [-0.15, -0.1) is 0 Å². The molecule has 2 rings (SSSR count). The number of hydrogen-bond acceptors (Lipinski definition) is 3. The number of rotatable bonds is 4. The van der Waals surface area contributed by atoms with Crippen molar-refractivity contribution >= 4 is 14.3 Å². The van der Waals surface area contributed by atoms with E-state index in [1.807, 2.05) is 0 Å². The van der Waals surface area contributed by atoms with Crippen molar-refractivity contribution in [2.75, 3.05) is 0 Å². The number of benzene rings is 1. The van der Waals surface area contributed by atoms with Crippen LogP contribution in [0.15, 0.2) is 24.3 Å². The SMILES string of the molecule is CC(=O)O[C@@H]1CCCC[C@H]1c1ccc(O[Si](C)(C)C(C)(C)C)cc1. The Hall–Kier alpha value is -1.29. The van der Waals surface area contributed by atoms with Gasteiger partial charge in [0.2, 0.25) is 8.32 Å². The van der Waals surface area contributed by atoms with Gasteiger partial charge in [0.25, 0.3) is 0 Å². The number of carbonyl (C=O) groups excluding carboxylic acids is 1. The molecule has 4 heteroatoms. The minimum atomic E-state index is -1.81. The average molecular weight is 349 g/mol. The van der Waals surface area contributed by atoms with Gasteiger partial charge in [-0.1, -0.05) is 39.3 Å². The van der Waals surface area contributed by atoms with Gasteiger partial charge in [0, 0.05) is 12.8 Å². The second kappa shape index (κ2) is 7.30.